The fourth-order valence-corrected chi connectivity index (χ4v) is 8.35. The Bertz CT molecular complexity index is 2660. The van der Waals surface area contributed by atoms with E-state index in [0.29, 0.717) is 5.82 Å². The zero-order valence-electron chi connectivity index (χ0n) is 32.0. The zero-order valence-corrected chi connectivity index (χ0v) is 32.0. The minimum Gasteiger partial charge on any atom is -0.265 e. The molecule has 0 spiro atoms. The highest BCUT2D eigenvalue weighted by Gasteiger charge is 2.46. The van der Waals surface area contributed by atoms with Gasteiger partial charge in [0.05, 0.1) is 16.8 Å². The lowest BCUT2D eigenvalue weighted by Crippen LogP contribution is -2.28. The number of hydrogen-bond donors (Lipinski definition) is 0. The van der Waals surface area contributed by atoms with Crippen molar-refractivity contribution in [2.45, 2.75) is 19.3 Å². The summed E-state index contributed by atoms with van der Waals surface area (Å²) >= 11 is 0. The summed E-state index contributed by atoms with van der Waals surface area (Å²) in [6.07, 6.45) is 3.81. The average molecular weight is 732 g/mol. The molecule has 0 saturated carbocycles. The molecule has 0 fully saturated rings. The third kappa shape index (κ3) is 6.43. The first-order chi connectivity index (χ1) is 28.3. The van der Waals surface area contributed by atoms with Gasteiger partial charge in [0.1, 0.15) is 0 Å². The molecule has 2 aromatic heterocycles. The van der Waals surface area contributed by atoms with Crippen LogP contribution in [0.15, 0.2) is 213 Å². The maximum atomic E-state index is 5.36. The van der Waals surface area contributed by atoms with Gasteiger partial charge in [-0.1, -0.05) is 178 Å². The van der Waals surface area contributed by atoms with Gasteiger partial charge < -0.3 is 0 Å². The summed E-state index contributed by atoms with van der Waals surface area (Å²) in [6.45, 7) is 4.00. The SMILES string of the molecule is CC.c1ccc(-c2cccc(-c3cc(-c4ccc5c(c4)C(c4ccccc4)(c4ccncc4)c4ccccc4-5)nc(-c4cccc(-c5ccccc5)c4)n3)c2)cc1. The van der Waals surface area contributed by atoms with Crippen LogP contribution in [0.3, 0.4) is 0 Å². The monoisotopic (exact) mass is 731 g/mol. The number of rotatable bonds is 7. The van der Waals surface area contributed by atoms with E-state index in [-0.39, 0.29) is 0 Å². The molecular formula is C54H41N3. The topological polar surface area (TPSA) is 38.7 Å². The molecule has 1 atom stereocenters. The minimum absolute atomic E-state index is 0.543. The van der Waals surface area contributed by atoms with Crippen LogP contribution < -0.4 is 0 Å². The molecule has 0 aliphatic heterocycles. The zero-order chi connectivity index (χ0) is 38.6. The van der Waals surface area contributed by atoms with Crippen molar-refractivity contribution in [3.8, 4) is 67.3 Å². The van der Waals surface area contributed by atoms with Crippen LogP contribution in [-0.4, -0.2) is 15.0 Å². The van der Waals surface area contributed by atoms with Crippen LogP contribution in [0.4, 0.5) is 0 Å². The van der Waals surface area contributed by atoms with E-state index in [1.54, 1.807) is 0 Å². The quantitative estimate of drug-likeness (QED) is 0.164. The van der Waals surface area contributed by atoms with E-state index in [0.717, 1.165) is 44.8 Å². The van der Waals surface area contributed by atoms with Gasteiger partial charge in [0.25, 0.3) is 0 Å². The Morgan fingerprint density at radius 1 is 0.333 bits per heavy atom. The largest absolute Gasteiger partial charge is 0.265 e. The Labute approximate surface area is 335 Å². The maximum absolute atomic E-state index is 5.36. The van der Waals surface area contributed by atoms with Crippen molar-refractivity contribution < 1.29 is 0 Å². The number of fused-ring (bicyclic) bond motifs is 3. The van der Waals surface area contributed by atoms with Crippen LogP contribution in [0, 0.1) is 0 Å². The molecule has 272 valence electrons. The van der Waals surface area contributed by atoms with Crippen LogP contribution in [-0.2, 0) is 5.41 Å². The molecule has 0 radical (unpaired) electrons. The average Bonchev–Trinajstić information content (AvgIpc) is 3.61. The first-order valence-corrected chi connectivity index (χ1v) is 19.7. The van der Waals surface area contributed by atoms with Gasteiger partial charge in [-0.3, -0.25) is 4.98 Å². The third-order valence-corrected chi connectivity index (χ3v) is 10.9. The van der Waals surface area contributed by atoms with E-state index in [1.165, 1.54) is 38.9 Å². The summed E-state index contributed by atoms with van der Waals surface area (Å²) in [6, 6.07) is 71.2. The summed E-state index contributed by atoms with van der Waals surface area (Å²) in [5.41, 5.74) is 16.2. The second-order valence-corrected chi connectivity index (χ2v) is 14.0. The molecule has 1 unspecified atom stereocenters. The summed E-state index contributed by atoms with van der Waals surface area (Å²) in [5.74, 6) is 0.683. The van der Waals surface area contributed by atoms with Gasteiger partial charge in [0.2, 0.25) is 0 Å². The van der Waals surface area contributed by atoms with Crippen molar-refractivity contribution in [3.63, 3.8) is 0 Å². The number of benzene rings is 7. The van der Waals surface area contributed by atoms with E-state index in [2.05, 4.69) is 199 Å². The van der Waals surface area contributed by atoms with Gasteiger partial charge in [-0.15, -0.1) is 0 Å². The highest BCUT2D eigenvalue weighted by Crippen LogP contribution is 2.56. The van der Waals surface area contributed by atoms with Crippen LogP contribution in [0.5, 0.6) is 0 Å². The fraction of sp³-hybridized carbons (Fsp3) is 0.0556. The summed E-state index contributed by atoms with van der Waals surface area (Å²) in [7, 11) is 0. The normalized spacial score (nSPS) is 13.9. The van der Waals surface area contributed by atoms with Gasteiger partial charge >= 0.3 is 0 Å². The smallest absolute Gasteiger partial charge is 0.160 e. The summed E-state index contributed by atoms with van der Waals surface area (Å²) < 4.78 is 0. The number of pyridine rings is 1. The Morgan fingerprint density at radius 3 is 1.46 bits per heavy atom. The Hall–Kier alpha value is -7.23. The second-order valence-electron chi connectivity index (χ2n) is 14.0. The van der Waals surface area contributed by atoms with Crippen molar-refractivity contribution in [2.75, 3.05) is 0 Å². The molecule has 7 aromatic carbocycles. The molecular weight excluding hydrogens is 691 g/mol. The van der Waals surface area contributed by atoms with Crippen molar-refractivity contribution in [2.24, 2.45) is 0 Å². The van der Waals surface area contributed by atoms with E-state index in [1.807, 2.05) is 32.3 Å². The molecule has 1 aliphatic rings. The standard InChI is InChI=1S/C52H35N3.C2H6/c1-4-14-36(15-5-1)38-18-12-20-40(32-38)49-35-50(55-51(54-49)42-21-13-19-39(33-42)37-16-6-2-7-17-37)41-26-27-46-45-24-10-11-25-47(45)52(48(46)34-41,43-22-8-3-9-23-43)44-28-30-53-31-29-44;1-2/h1-35H;1-2H3. The maximum Gasteiger partial charge on any atom is 0.160 e. The Kier molecular flexibility index (Phi) is 9.64. The highest BCUT2D eigenvalue weighted by molar-refractivity contribution is 5.88. The molecule has 0 amide bonds. The van der Waals surface area contributed by atoms with Crippen LogP contribution in [0.1, 0.15) is 36.1 Å². The van der Waals surface area contributed by atoms with Crippen molar-refractivity contribution in [3.05, 3.63) is 235 Å². The molecule has 0 N–H and O–H groups in total. The minimum atomic E-state index is -0.543. The number of nitrogens with zero attached hydrogens (tertiary/aromatic N) is 3. The van der Waals surface area contributed by atoms with Crippen molar-refractivity contribution in [1.29, 1.82) is 0 Å². The van der Waals surface area contributed by atoms with E-state index < -0.39 is 5.41 Å². The molecule has 3 heteroatoms. The predicted molar refractivity (Wildman–Crippen MR) is 236 cm³/mol. The predicted octanol–water partition coefficient (Wildman–Crippen LogP) is 13.6. The van der Waals surface area contributed by atoms with Gasteiger partial charge in [-0.05, 0) is 92.0 Å². The fourth-order valence-electron chi connectivity index (χ4n) is 8.35. The van der Waals surface area contributed by atoms with Crippen molar-refractivity contribution >= 4 is 0 Å². The lowest BCUT2D eigenvalue weighted by Gasteiger charge is -2.33. The molecule has 57 heavy (non-hydrogen) atoms. The second kappa shape index (κ2) is 15.5. The van der Waals surface area contributed by atoms with Gasteiger partial charge in [0.15, 0.2) is 5.82 Å². The Balaban J connectivity index is 0.00000208. The first kappa shape index (κ1) is 35.5. The molecule has 0 saturated heterocycles. The molecule has 3 nitrogen and oxygen atoms in total. The Morgan fingerprint density at radius 2 is 0.807 bits per heavy atom. The highest BCUT2D eigenvalue weighted by atomic mass is 14.9. The van der Waals surface area contributed by atoms with Gasteiger partial charge in [-0.2, -0.15) is 0 Å². The van der Waals surface area contributed by atoms with E-state index in [9.17, 15) is 0 Å². The lowest BCUT2D eigenvalue weighted by atomic mass is 9.67. The van der Waals surface area contributed by atoms with Crippen LogP contribution >= 0.6 is 0 Å². The lowest BCUT2D eigenvalue weighted by molar-refractivity contribution is 0.766. The molecule has 0 bridgehead atoms. The van der Waals surface area contributed by atoms with E-state index in [4.69, 9.17) is 9.97 Å². The summed E-state index contributed by atoms with van der Waals surface area (Å²) in [5, 5.41) is 0. The molecule has 2 heterocycles. The van der Waals surface area contributed by atoms with Crippen molar-refractivity contribution in [1.82, 2.24) is 15.0 Å². The molecule has 10 rings (SSSR count). The molecule has 9 aromatic rings. The van der Waals surface area contributed by atoms with Gasteiger partial charge in [0, 0.05) is 29.1 Å². The summed E-state index contributed by atoms with van der Waals surface area (Å²) in [4.78, 5) is 15.1. The molecule has 1 aliphatic carbocycles. The van der Waals surface area contributed by atoms with Gasteiger partial charge in [-0.25, -0.2) is 9.97 Å². The number of aromatic nitrogens is 3. The van der Waals surface area contributed by atoms with Crippen LogP contribution in [0.2, 0.25) is 0 Å². The first-order valence-electron chi connectivity index (χ1n) is 19.7. The number of hydrogen-bond acceptors (Lipinski definition) is 3. The van der Waals surface area contributed by atoms with Crippen LogP contribution in [0.25, 0.3) is 67.3 Å². The third-order valence-electron chi connectivity index (χ3n) is 10.9. The van der Waals surface area contributed by atoms with E-state index >= 15 is 0 Å².